The van der Waals surface area contributed by atoms with Gasteiger partial charge in [0.15, 0.2) is 0 Å². The van der Waals surface area contributed by atoms with Crippen LogP contribution in [0, 0.1) is 5.92 Å². The van der Waals surface area contributed by atoms with Crippen LogP contribution in [-0.4, -0.2) is 60.2 Å². The van der Waals surface area contributed by atoms with Gasteiger partial charge in [0.2, 0.25) is 5.91 Å². The zero-order chi connectivity index (χ0) is 21.4. The Morgan fingerprint density at radius 2 is 2.13 bits per heavy atom. The third-order valence-corrected chi connectivity index (χ3v) is 6.31. The highest BCUT2D eigenvalue weighted by Gasteiger charge is 2.36. The van der Waals surface area contributed by atoms with Crippen molar-refractivity contribution >= 4 is 5.91 Å². The first-order valence-electron chi connectivity index (χ1n) is 10.7. The van der Waals surface area contributed by atoms with Crippen LogP contribution < -0.4 is 5.56 Å². The van der Waals surface area contributed by atoms with E-state index in [-0.39, 0.29) is 23.9 Å². The number of rotatable bonds is 6. The molecule has 0 aromatic carbocycles. The van der Waals surface area contributed by atoms with Crippen LogP contribution in [0.1, 0.15) is 29.4 Å². The van der Waals surface area contributed by atoms with Crippen molar-refractivity contribution in [3.63, 3.8) is 0 Å². The maximum absolute atomic E-state index is 13.2. The van der Waals surface area contributed by atoms with Gasteiger partial charge in [-0.3, -0.25) is 19.2 Å². The molecule has 31 heavy (non-hydrogen) atoms. The molecule has 0 radical (unpaired) electrons. The summed E-state index contributed by atoms with van der Waals surface area (Å²) in [6, 6.07) is 5.86. The molecule has 2 atom stereocenters. The number of hydrogen-bond acceptors (Lipinski definition) is 5. The van der Waals surface area contributed by atoms with E-state index in [0.29, 0.717) is 38.6 Å². The molecule has 5 rings (SSSR count). The Bertz CT molecular complexity index is 1100. The van der Waals surface area contributed by atoms with Gasteiger partial charge in [0.25, 0.3) is 5.56 Å². The van der Waals surface area contributed by atoms with Gasteiger partial charge in [-0.15, -0.1) is 0 Å². The Balaban J connectivity index is 1.30. The third kappa shape index (κ3) is 4.05. The minimum Gasteiger partial charge on any atom is -0.348 e. The molecule has 3 aromatic heterocycles. The van der Waals surface area contributed by atoms with Gasteiger partial charge in [0, 0.05) is 68.1 Å². The van der Waals surface area contributed by atoms with E-state index < -0.39 is 0 Å². The smallest absolute Gasteiger partial charge is 0.255 e. The summed E-state index contributed by atoms with van der Waals surface area (Å²) in [5, 5.41) is 4.14. The predicted octanol–water partition coefficient (Wildman–Crippen LogP) is 1.05. The van der Waals surface area contributed by atoms with Crippen molar-refractivity contribution in [1.82, 2.24) is 34.1 Å². The molecule has 9 heteroatoms. The Labute approximate surface area is 180 Å². The van der Waals surface area contributed by atoms with Gasteiger partial charge in [-0.2, -0.15) is 5.10 Å². The van der Waals surface area contributed by atoms with Gasteiger partial charge in [-0.1, -0.05) is 6.07 Å². The fourth-order valence-corrected chi connectivity index (χ4v) is 4.93. The van der Waals surface area contributed by atoms with Crippen molar-refractivity contribution in [3.05, 3.63) is 70.4 Å². The number of fused-ring (bicyclic) bond motifs is 4. The fraction of sp³-hybridized carbons (Fsp3) is 0.455. The van der Waals surface area contributed by atoms with Crippen LogP contribution in [0.15, 0.2) is 47.8 Å². The van der Waals surface area contributed by atoms with E-state index in [9.17, 15) is 9.59 Å². The van der Waals surface area contributed by atoms with Crippen molar-refractivity contribution in [2.24, 2.45) is 5.92 Å². The summed E-state index contributed by atoms with van der Waals surface area (Å²) in [5.41, 5.74) is 1.94. The number of aromatic amines is 1. The number of imidazole rings is 1. The lowest BCUT2D eigenvalue weighted by Gasteiger charge is -2.43. The zero-order valence-electron chi connectivity index (χ0n) is 17.6. The zero-order valence-corrected chi connectivity index (χ0v) is 17.6. The normalized spacial score (nSPS) is 20.1. The number of amides is 1. The van der Waals surface area contributed by atoms with E-state index in [1.54, 1.807) is 23.3 Å². The maximum Gasteiger partial charge on any atom is 0.255 e. The van der Waals surface area contributed by atoms with Gasteiger partial charge in [-0.25, -0.2) is 4.98 Å². The number of H-pyrrole nitrogens is 1. The average molecular weight is 422 g/mol. The Hall–Kier alpha value is -3.20. The lowest BCUT2D eigenvalue weighted by atomic mass is 9.83. The van der Waals surface area contributed by atoms with E-state index in [1.165, 1.54) is 0 Å². The molecule has 0 unspecified atom stereocenters. The molecule has 2 bridgehead atoms. The summed E-state index contributed by atoms with van der Waals surface area (Å²) in [6.07, 6.45) is 8.06. The second-order valence-electron chi connectivity index (χ2n) is 8.71. The second kappa shape index (κ2) is 8.14. The van der Waals surface area contributed by atoms with Crippen LogP contribution in [0.4, 0.5) is 0 Å². The van der Waals surface area contributed by atoms with E-state index in [4.69, 9.17) is 0 Å². The number of carbonyl (C=O) groups is 1. The Morgan fingerprint density at radius 1 is 1.23 bits per heavy atom. The molecule has 2 aliphatic heterocycles. The van der Waals surface area contributed by atoms with Gasteiger partial charge < -0.3 is 14.5 Å². The molecule has 1 fully saturated rings. The van der Waals surface area contributed by atoms with Crippen LogP contribution in [0.5, 0.6) is 0 Å². The molecule has 1 saturated heterocycles. The summed E-state index contributed by atoms with van der Waals surface area (Å²) >= 11 is 0. The number of carbonyl (C=O) groups excluding carboxylic acids is 1. The first kappa shape index (κ1) is 19.7. The molecular weight excluding hydrogens is 394 g/mol. The minimum atomic E-state index is 0.0883. The molecule has 2 aliphatic rings. The van der Waals surface area contributed by atoms with Crippen molar-refractivity contribution in [2.75, 3.05) is 20.1 Å². The van der Waals surface area contributed by atoms with E-state index >= 15 is 0 Å². The molecular formula is C22H27N7O2. The number of pyridine rings is 1. The van der Waals surface area contributed by atoms with Gasteiger partial charge in [0.1, 0.15) is 12.4 Å². The number of nitrogens with one attached hydrogen (secondary N) is 1. The molecule has 0 spiro atoms. The number of hydrogen-bond donors (Lipinski definition) is 1. The summed E-state index contributed by atoms with van der Waals surface area (Å²) in [7, 11) is 1.99. The summed E-state index contributed by atoms with van der Waals surface area (Å²) in [6.45, 7) is 3.53. The van der Waals surface area contributed by atoms with Crippen molar-refractivity contribution < 1.29 is 4.79 Å². The summed E-state index contributed by atoms with van der Waals surface area (Å²) < 4.78 is 3.61. The lowest BCUT2D eigenvalue weighted by Crippen LogP contribution is -2.50. The third-order valence-electron chi connectivity index (χ3n) is 6.31. The van der Waals surface area contributed by atoms with Crippen LogP contribution in [0.3, 0.4) is 0 Å². The summed E-state index contributed by atoms with van der Waals surface area (Å²) in [5.74, 6) is 1.48. The SMILES string of the molecule is CN(Cc1ncc[nH]1)Cc1ccc2n(c1=O)C[C@H]1C[C@@H]2CN(C(=O)Cn2cccn2)C1. The second-order valence-corrected chi connectivity index (χ2v) is 8.71. The molecule has 0 aliphatic carbocycles. The Kier molecular flexibility index (Phi) is 5.19. The maximum atomic E-state index is 13.2. The molecule has 162 valence electrons. The van der Waals surface area contributed by atoms with Crippen molar-refractivity contribution in [1.29, 1.82) is 0 Å². The quantitative estimate of drug-likeness (QED) is 0.642. The van der Waals surface area contributed by atoms with Gasteiger partial charge >= 0.3 is 0 Å². The van der Waals surface area contributed by atoms with Crippen molar-refractivity contribution in [3.8, 4) is 0 Å². The first-order chi connectivity index (χ1) is 15.1. The lowest BCUT2D eigenvalue weighted by molar-refractivity contribution is -0.134. The molecule has 3 aromatic rings. The van der Waals surface area contributed by atoms with E-state index in [2.05, 4.69) is 26.0 Å². The largest absolute Gasteiger partial charge is 0.348 e. The first-order valence-corrected chi connectivity index (χ1v) is 10.7. The highest BCUT2D eigenvalue weighted by Crippen LogP contribution is 2.35. The standard InChI is InChI=1S/C22H27N7O2/c1-26(14-20-23-6-7-24-20)12-17-3-4-19-18-9-16(11-29(19)22(17)31)10-27(13-18)21(30)15-28-8-2-5-25-28/h2-8,16,18H,9-15H2,1H3,(H,23,24)/t16-,18+/m0/s1. The average Bonchev–Trinajstić information content (AvgIpc) is 3.44. The Morgan fingerprint density at radius 3 is 2.90 bits per heavy atom. The highest BCUT2D eigenvalue weighted by molar-refractivity contribution is 5.76. The minimum absolute atomic E-state index is 0.0883. The van der Waals surface area contributed by atoms with Crippen molar-refractivity contribution in [2.45, 2.75) is 38.5 Å². The number of nitrogens with zero attached hydrogens (tertiary/aromatic N) is 6. The molecule has 1 amide bonds. The number of likely N-dealkylation sites (tertiary alicyclic amines) is 1. The van der Waals surface area contributed by atoms with E-state index in [1.807, 2.05) is 34.8 Å². The van der Waals surface area contributed by atoms with Crippen LogP contribution in [-0.2, 0) is 31.0 Å². The van der Waals surface area contributed by atoms with Crippen LogP contribution in [0.25, 0.3) is 0 Å². The van der Waals surface area contributed by atoms with Gasteiger partial charge in [-0.05, 0) is 31.5 Å². The highest BCUT2D eigenvalue weighted by atomic mass is 16.2. The monoisotopic (exact) mass is 421 g/mol. The number of piperidine rings is 1. The van der Waals surface area contributed by atoms with Gasteiger partial charge in [0.05, 0.1) is 6.54 Å². The molecule has 1 N–H and O–H groups in total. The predicted molar refractivity (Wildman–Crippen MR) is 114 cm³/mol. The van der Waals surface area contributed by atoms with E-state index in [0.717, 1.165) is 23.5 Å². The van der Waals surface area contributed by atoms with Crippen LogP contribution in [0.2, 0.25) is 0 Å². The topological polar surface area (TPSA) is 92.0 Å². The van der Waals surface area contributed by atoms with Crippen LogP contribution >= 0.6 is 0 Å². The fourth-order valence-electron chi connectivity index (χ4n) is 4.93. The molecule has 9 nitrogen and oxygen atoms in total. The summed E-state index contributed by atoms with van der Waals surface area (Å²) in [4.78, 5) is 37.4. The molecule has 5 heterocycles. The number of aromatic nitrogens is 5. The molecule has 0 saturated carbocycles.